The second-order valence-corrected chi connectivity index (χ2v) is 4.33. The average Bonchev–Trinajstić information content (AvgIpc) is 2.87. The number of ether oxygens (including phenoxy) is 1. The predicted octanol–water partition coefficient (Wildman–Crippen LogP) is 2.52. The number of aliphatic hydroxyl groups is 1. The normalized spacial score (nSPS) is 12.4. The van der Waals surface area contributed by atoms with Gasteiger partial charge in [0.05, 0.1) is 13.3 Å². The Kier molecular flexibility index (Phi) is 4.16. The predicted molar refractivity (Wildman–Crippen MR) is 69.5 cm³/mol. The highest BCUT2D eigenvalue weighted by Gasteiger charge is 2.15. The lowest BCUT2D eigenvalue weighted by Crippen LogP contribution is -2.00. The maximum Gasteiger partial charge on any atom is 0.165 e. The standard InChI is InChI=1S/C14H17FN2O2/c1-3-6-17-9-11(8-16-17)14(18)10-4-5-13(19-2)12(15)7-10/h4-5,7-9,14,18H,3,6H2,1-2H3. The van der Waals surface area contributed by atoms with Gasteiger partial charge in [-0.3, -0.25) is 4.68 Å². The van der Waals surface area contributed by atoms with Crippen LogP contribution >= 0.6 is 0 Å². The number of aliphatic hydroxyl groups excluding tert-OH is 1. The molecule has 0 aliphatic heterocycles. The van der Waals surface area contributed by atoms with Gasteiger partial charge in [-0.05, 0) is 24.1 Å². The fourth-order valence-electron chi connectivity index (χ4n) is 1.92. The molecule has 2 aromatic rings. The first-order valence-electron chi connectivity index (χ1n) is 6.19. The van der Waals surface area contributed by atoms with Crippen LogP contribution in [-0.2, 0) is 6.54 Å². The molecule has 1 atom stereocenters. The third-order valence-corrected chi connectivity index (χ3v) is 2.91. The van der Waals surface area contributed by atoms with E-state index in [1.165, 1.54) is 19.2 Å². The van der Waals surface area contributed by atoms with Gasteiger partial charge in [-0.25, -0.2) is 4.39 Å². The third kappa shape index (κ3) is 2.93. The van der Waals surface area contributed by atoms with E-state index in [0.29, 0.717) is 11.1 Å². The van der Waals surface area contributed by atoms with Crippen LogP contribution in [0.1, 0.15) is 30.6 Å². The molecule has 0 fully saturated rings. The Hall–Kier alpha value is -1.88. The van der Waals surface area contributed by atoms with Crippen molar-refractivity contribution in [3.63, 3.8) is 0 Å². The van der Waals surface area contributed by atoms with Gasteiger partial charge in [0.15, 0.2) is 11.6 Å². The highest BCUT2D eigenvalue weighted by Crippen LogP contribution is 2.26. The summed E-state index contributed by atoms with van der Waals surface area (Å²) in [4.78, 5) is 0. The molecule has 2 rings (SSSR count). The lowest BCUT2D eigenvalue weighted by atomic mass is 10.0. The van der Waals surface area contributed by atoms with E-state index in [9.17, 15) is 9.50 Å². The maximum absolute atomic E-state index is 13.6. The van der Waals surface area contributed by atoms with Gasteiger partial charge in [0.1, 0.15) is 6.10 Å². The lowest BCUT2D eigenvalue weighted by Gasteiger charge is -2.10. The number of aromatic nitrogens is 2. The summed E-state index contributed by atoms with van der Waals surface area (Å²) < 4.78 is 20.2. The van der Waals surface area contributed by atoms with E-state index in [0.717, 1.165) is 13.0 Å². The van der Waals surface area contributed by atoms with E-state index in [4.69, 9.17) is 4.74 Å². The zero-order valence-corrected chi connectivity index (χ0v) is 11.0. The van der Waals surface area contributed by atoms with Crippen LogP contribution in [0.5, 0.6) is 5.75 Å². The number of aryl methyl sites for hydroxylation is 1. The maximum atomic E-state index is 13.6. The topological polar surface area (TPSA) is 47.3 Å². The zero-order chi connectivity index (χ0) is 13.8. The second kappa shape index (κ2) is 5.84. The number of nitrogens with zero attached hydrogens (tertiary/aromatic N) is 2. The van der Waals surface area contributed by atoms with Crippen LogP contribution in [0.2, 0.25) is 0 Å². The number of hydrogen-bond donors (Lipinski definition) is 1. The molecule has 1 aromatic carbocycles. The van der Waals surface area contributed by atoms with E-state index >= 15 is 0 Å². The van der Waals surface area contributed by atoms with Crippen molar-refractivity contribution in [2.75, 3.05) is 7.11 Å². The molecule has 0 saturated carbocycles. The Labute approximate surface area is 111 Å². The molecule has 0 aliphatic carbocycles. The summed E-state index contributed by atoms with van der Waals surface area (Å²) in [5, 5.41) is 14.3. The van der Waals surface area contributed by atoms with Crippen LogP contribution in [0.25, 0.3) is 0 Å². The van der Waals surface area contributed by atoms with Crippen molar-refractivity contribution < 1.29 is 14.2 Å². The first-order valence-corrected chi connectivity index (χ1v) is 6.19. The largest absolute Gasteiger partial charge is 0.494 e. The van der Waals surface area contributed by atoms with Crippen LogP contribution in [0.4, 0.5) is 4.39 Å². The van der Waals surface area contributed by atoms with Gasteiger partial charge in [0.2, 0.25) is 0 Å². The smallest absolute Gasteiger partial charge is 0.165 e. The van der Waals surface area contributed by atoms with E-state index < -0.39 is 11.9 Å². The summed E-state index contributed by atoms with van der Waals surface area (Å²) in [5.74, 6) is -0.322. The summed E-state index contributed by atoms with van der Waals surface area (Å²) >= 11 is 0. The fraction of sp³-hybridized carbons (Fsp3) is 0.357. The molecule has 1 N–H and O–H groups in total. The molecule has 0 amide bonds. The number of benzene rings is 1. The number of rotatable bonds is 5. The van der Waals surface area contributed by atoms with Gasteiger partial charge < -0.3 is 9.84 Å². The Bertz CT molecular complexity index is 554. The van der Waals surface area contributed by atoms with Gasteiger partial charge in [0.25, 0.3) is 0 Å². The highest BCUT2D eigenvalue weighted by atomic mass is 19.1. The quantitative estimate of drug-likeness (QED) is 0.902. The molecule has 0 spiro atoms. The van der Waals surface area contributed by atoms with Crippen LogP contribution < -0.4 is 4.74 Å². The number of hydrogen-bond acceptors (Lipinski definition) is 3. The SMILES string of the molecule is CCCn1cc(C(O)c2ccc(OC)c(F)c2)cn1. The van der Waals surface area contributed by atoms with Crippen LogP contribution in [-0.4, -0.2) is 22.0 Å². The van der Waals surface area contributed by atoms with Gasteiger partial charge in [-0.1, -0.05) is 13.0 Å². The molecular weight excluding hydrogens is 247 g/mol. The molecular formula is C14H17FN2O2. The van der Waals surface area contributed by atoms with Crippen molar-refractivity contribution in [1.29, 1.82) is 0 Å². The van der Waals surface area contributed by atoms with E-state index in [1.807, 2.05) is 0 Å². The molecule has 102 valence electrons. The Balaban J connectivity index is 2.22. The molecule has 1 aromatic heterocycles. The minimum absolute atomic E-state index is 0.164. The summed E-state index contributed by atoms with van der Waals surface area (Å²) in [6, 6.07) is 4.43. The van der Waals surface area contributed by atoms with Crippen LogP contribution in [0, 0.1) is 5.82 Å². The molecule has 4 nitrogen and oxygen atoms in total. The molecule has 1 heterocycles. The molecule has 0 aliphatic rings. The second-order valence-electron chi connectivity index (χ2n) is 4.33. The van der Waals surface area contributed by atoms with Gasteiger partial charge >= 0.3 is 0 Å². The third-order valence-electron chi connectivity index (χ3n) is 2.91. The average molecular weight is 264 g/mol. The van der Waals surface area contributed by atoms with Crippen molar-refractivity contribution in [3.05, 3.63) is 47.5 Å². The highest BCUT2D eigenvalue weighted by molar-refractivity contribution is 5.34. The van der Waals surface area contributed by atoms with Crippen LogP contribution in [0.15, 0.2) is 30.6 Å². The minimum atomic E-state index is -0.883. The molecule has 0 bridgehead atoms. The molecule has 0 saturated heterocycles. The van der Waals surface area contributed by atoms with Gasteiger partial charge in [0, 0.05) is 18.3 Å². The molecule has 5 heteroatoms. The summed E-state index contributed by atoms with van der Waals surface area (Å²) in [6.45, 7) is 2.85. The first kappa shape index (κ1) is 13.5. The number of methoxy groups -OCH3 is 1. The van der Waals surface area contributed by atoms with E-state index in [1.54, 1.807) is 23.1 Å². The van der Waals surface area contributed by atoms with Crippen molar-refractivity contribution in [1.82, 2.24) is 9.78 Å². The van der Waals surface area contributed by atoms with Crippen molar-refractivity contribution in [2.45, 2.75) is 26.0 Å². The van der Waals surface area contributed by atoms with Crippen LogP contribution in [0.3, 0.4) is 0 Å². The Morgan fingerprint density at radius 1 is 1.42 bits per heavy atom. The molecule has 0 radical (unpaired) electrons. The fourth-order valence-corrected chi connectivity index (χ4v) is 1.92. The summed E-state index contributed by atoms with van der Waals surface area (Å²) in [6.07, 6.45) is 3.46. The van der Waals surface area contributed by atoms with Gasteiger partial charge in [-0.2, -0.15) is 5.10 Å². The van der Waals surface area contributed by atoms with E-state index in [2.05, 4.69) is 12.0 Å². The summed E-state index contributed by atoms with van der Waals surface area (Å²) in [7, 11) is 1.41. The van der Waals surface area contributed by atoms with Gasteiger partial charge in [-0.15, -0.1) is 0 Å². The molecule has 1 unspecified atom stereocenters. The summed E-state index contributed by atoms with van der Waals surface area (Å²) in [5.41, 5.74) is 1.13. The van der Waals surface area contributed by atoms with Crippen molar-refractivity contribution in [2.24, 2.45) is 0 Å². The number of halogens is 1. The van der Waals surface area contributed by atoms with Crippen molar-refractivity contribution in [3.8, 4) is 5.75 Å². The monoisotopic (exact) mass is 264 g/mol. The zero-order valence-electron chi connectivity index (χ0n) is 11.0. The lowest BCUT2D eigenvalue weighted by molar-refractivity contribution is 0.219. The minimum Gasteiger partial charge on any atom is -0.494 e. The first-order chi connectivity index (χ1) is 9.15. The Morgan fingerprint density at radius 2 is 2.21 bits per heavy atom. The van der Waals surface area contributed by atoms with E-state index in [-0.39, 0.29) is 5.75 Å². The van der Waals surface area contributed by atoms with Crippen molar-refractivity contribution >= 4 is 0 Å². The molecule has 19 heavy (non-hydrogen) atoms. The Morgan fingerprint density at radius 3 is 2.84 bits per heavy atom.